The molecule has 0 amide bonds. The summed E-state index contributed by atoms with van der Waals surface area (Å²) in [4.78, 5) is 7.19. The first-order valence-electron chi connectivity index (χ1n) is 28.4. The highest BCUT2D eigenvalue weighted by molar-refractivity contribution is 6.09. The molecule has 0 aliphatic carbocycles. The molecule has 9 aromatic carbocycles. The smallest absolute Gasteiger partial charge is 0.457 e. The number of benzene rings is 9. The SMILES string of the molecule is CC(C)c1cc(-c2cc(C(C)(C)C)cc(-c3cc(F)cc(F)c3)c2[N+]2=C=[N+](c3cc(Oc4ccc5c6ccccc6n(-c6cc(C(C)(C)C)ccn6)c5c4)cc(N(c4ccccc4)c4ccccc4)c3)c3ccccc32)cc(C(C)C)c1. The van der Waals surface area contributed by atoms with E-state index in [1.807, 2.05) is 36.5 Å². The lowest BCUT2D eigenvalue weighted by atomic mass is 9.81. The quantitative estimate of drug-likeness (QED) is 0.114. The van der Waals surface area contributed by atoms with Crippen molar-refractivity contribution in [2.45, 2.75) is 91.9 Å². The highest BCUT2D eigenvalue weighted by Crippen LogP contribution is 2.49. The van der Waals surface area contributed by atoms with E-state index in [9.17, 15) is 0 Å². The van der Waals surface area contributed by atoms with Gasteiger partial charge in [0.2, 0.25) is 11.4 Å². The Morgan fingerprint density at radius 2 is 1.05 bits per heavy atom. The molecule has 0 fully saturated rings. The Morgan fingerprint density at radius 1 is 0.488 bits per heavy atom. The number of ether oxygens (including phenoxy) is 1. The van der Waals surface area contributed by atoms with Crippen LogP contribution >= 0.6 is 0 Å². The lowest BCUT2D eigenvalue weighted by Crippen LogP contribution is -2.13. The zero-order chi connectivity index (χ0) is 57.2. The fourth-order valence-corrected chi connectivity index (χ4v) is 11.3. The van der Waals surface area contributed by atoms with Gasteiger partial charge in [0.05, 0.1) is 33.9 Å². The predicted octanol–water partition coefficient (Wildman–Crippen LogP) is 20.8. The summed E-state index contributed by atoms with van der Waals surface area (Å²) in [5.74, 6) is 1.26. The minimum Gasteiger partial charge on any atom is -0.457 e. The molecule has 0 atom stereocenters. The Bertz CT molecular complexity index is 4260. The highest BCUT2D eigenvalue weighted by Gasteiger charge is 2.41. The molecule has 3 heterocycles. The molecule has 6 nitrogen and oxygen atoms in total. The molecule has 0 spiro atoms. The number of aromatic nitrogens is 2. The molecule has 0 saturated heterocycles. The van der Waals surface area contributed by atoms with Crippen molar-refractivity contribution in [3.8, 4) is 39.6 Å². The van der Waals surface area contributed by atoms with E-state index in [-0.39, 0.29) is 22.7 Å². The van der Waals surface area contributed by atoms with Crippen molar-refractivity contribution < 1.29 is 13.5 Å². The van der Waals surface area contributed by atoms with Crippen LogP contribution < -0.4 is 18.8 Å². The molecule has 406 valence electrons. The molecule has 11 aromatic rings. The van der Waals surface area contributed by atoms with Crippen LogP contribution in [-0.2, 0) is 10.8 Å². The molecule has 0 saturated carbocycles. The number of halogens is 2. The second-order valence-electron chi connectivity index (χ2n) is 24.3. The molecule has 1 aliphatic heterocycles. The first kappa shape index (κ1) is 53.4. The fraction of sp³-hybridized carbons (Fsp3) is 0.189. The van der Waals surface area contributed by atoms with E-state index in [2.05, 4.69) is 252 Å². The van der Waals surface area contributed by atoms with Gasteiger partial charge in [0.1, 0.15) is 29.0 Å². The summed E-state index contributed by atoms with van der Waals surface area (Å²) in [5, 5.41) is 2.21. The van der Waals surface area contributed by atoms with Crippen molar-refractivity contribution in [3.63, 3.8) is 0 Å². The van der Waals surface area contributed by atoms with E-state index in [0.717, 1.165) is 90.2 Å². The first-order chi connectivity index (χ1) is 39.4. The van der Waals surface area contributed by atoms with Gasteiger partial charge in [-0.15, -0.1) is 0 Å². The van der Waals surface area contributed by atoms with E-state index in [1.165, 1.54) is 28.8 Å². The van der Waals surface area contributed by atoms with Gasteiger partial charge >= 0.3 is 6.01 Å². The number of hydrogen-bond donors (Lipinski definition) is 0. The van der Waals surface area contributed by atoms with Crippen LogP contribution in [0.1, 0.15) is 103 Å². The maximum Gasteiger partial charge on any atom is 0.503 e. The van der Waals surface area contributed by atoms with Gasteiger partial charge in [-0.05, 0) is 144 Å². The molecule has 0 N–H and O–H groups in total. The van der Waals surface area contributed by atoms with Gasteiger partial charge in [-0.25, -0.2) is 13.8 Å². The Kier molecular flexibility index (Phi) is 13.7. The van der Waals surface area contributed by atoms with Gasteiger partial charge in [-0.2, -0.15) is 0 Å². The Hall–Kier alpha value is -9.23. The van der Waals surface area contributed by atoms with Crippen molar-refractivity contribution in [1.29, 1.82) is 0 Å². The molecule has 12 rings (SSSR count). The summed E-state index contributed by atoms with van der Waals surface area (Å²) in [7, 11) is 0. The third-order valence-corrected chi connectivity index (χ3v) is 15.7. The normalized spacial score (nSPS) is 12.6. The summed E-state index contributed by atoms with van der Waals surface area (Å²) in [6, 6.07) is 73.2. The molecular weight excluding hydrogens is 1010 g/mol. The number of para-hydroxylation sites is 5. The van der Waals surface area contributed by atoms with Crippen LogP contribution in [0.15, 0.2) is 212 Å². The topological polar surface area (TPSA) is 36.3 Å². The number of pyridine rings is 1. The largest absolute Gasteiger partial charge is 0.503 e. The predicted molar refractivity (Wildman–Crippen MR) is 337 cm³/mol. The minimum atomic E-state index is -0.651. The molecular formula is C74H67F2N5O+2. The Balaban J connectivity index is 1.13. The van der Waals surface area contributed by atoms with Gasteiger partial charge in [-0.1, -0.05) is 154 Å². The Morgan fingerprint density at radius 3 is 1.66 bits per heavy atom. The lowest BCUT2D eigenvalue weighted by Gasteiger charge is -2.25. The highest BCUT2D eigenvalue weighted by atomic mass is 19.1. The standard InChI is InChI=1S/C74H67F2N5O/c1-47(2)49-33-50(48(3)4)35-51(34-49)65-38-54(74(8,9)10)39-66(52-36-55(75)41-56(76)37-52)72(65)79-46-78(68-27-19-20-28-69(68)79)59-42-60(80(57-21-13-11-14-22-57)58-23-15-12-16-24-58)44-62(43-59)82-61-29-30-64-63-25-17-18-26-67(63)81(70(64)45-61)71-40-53(31-32-77-71)73(5,6)7/h11-45,47-48H,1-10H3/q+2. The van der Waals surface area contributed by atoms with E-state index in [1.54, 1.807) is 0 Å². The van der Waals surface area contributed by atoms with E-state index in [4.69, 9.17) is 9.72 Å². The van der Waals surface area contributed by atoms with Gasteiger partial charge in [0.15, 0.2) is 0 Å². The number of rotatable bonds is 12. The number of nitrogens with zero attached hydrogens (tertiary/aromatic N) is 5. The fourth-order valence-electron chi connectivity index (χ4n) is 11.3. The summed E-state index contributed by atoms with van der Waals surface area (Å²) >= 11 is 0. The molecule has 82 heavy (non-hydrogen) atoms. The first-order valence-corrected chi connectivity index (χ1v) is 28.4. The van der Waals surface area contributed by atoms with Crippen molar-refractivity contribution in [2.24, 2.45) is 0 Å². The van der Waals surface area contributed by atoms with Crippen LogP contribution in [0.25, 0.3) is 49.9 Å². The van der Waals surface area contributed by atoms with Gasteiger partial charge in [0, 0.05) is 64.7 Å². The van der Waals surface area contributed by atoms with E-state index in [0.29, 0.717) is 22.6 Å². The third kappa shape index (κ3) is 10.2. The van der Waals surface area contributed by atoms with Crippen molar-refractivity contribution >= 4 is 67.6 Å². The van der Waals surface area contributed by atoms with Gasteiger partial charge in [-0.3, -0.25) is 4.57 Å². The summed E-state index contributed by atoms with van der Waals surface area (Å²) < 4.78 is 45.0. The van der Waals surface area contributed by atoms with Crippen molar-refractivity contribution in [1.82, 2.24) is 18.7 Å². The van der Waals surface area contributed by atoms with Crippen LogP contribution in [0.4, 0.5) is 48.6 Å². The van der Waals surface area contributed by atoms with E-state index < -0.39 is 11.6 Å². The summed E-state index contributed by atoms with van der Waals surface area (Å²) in [6.07, 6.45) is 1.90. The van der Waals surface area contributed by atoms with Gasteiger partial charge < -0.3 is 9.64 Å². The van der Waals surface area contributed by atoms with Crippen LogP contribution in [0.2, 0.25) is 0 Å². The van der Waals surface area contributed by atoms with Crippen LogP contribution in [0.3, 0.4) is 0 Å². The summed E-state index contributed by atoms with van der Waals surface area (Å²) in [5.41, 5.74) is 15.3. The molecule has 0 bridgehead atoms. The Labute approximate surface area is 480 Å². The molecule has 0 radical (unpaired) electrons. The van der Waals surface area contributed by atoms with Crippen molar-refractivity contribution in [3.05, 3.63) is 246 Å². The monoisotopic (exact) mass is 1080 g/mol. The minimum absolute atomic E-state index is 0.0817. The zero-order valence-corrected chi connectivity index (χ0v) is 48.3. The second-order valence-corrected chi connectivity index (χ2v) is 24.3. The second kappa shape index (κ2) is 21.0. The van der Waals surface area contributed by atoms with Crippen LogP contribution in [-0.4, -0.2) is 15.6 Å². The van der Waals surface area contributed by atoms with Gasteiger partial charge in [0.25, 0.3) is 11.4 Å². The average molecular weight is 1080 g/mol. The van der Waals surface area contributed by atoms with Crippen molar-refractivity contribution in [2.75, 3.05) is 4.90 Å². The number of anilines is 3. The summed E-state index contributed by atoms with van der Waals surface area (Å²) in [6.45, 7) is 22.1. The molecule has 0 unspecified atom stereocenters. The lowest BCUT2D eigenvalue weighted by molar-refractivity contribution is 0.483. The third-order valence-electron chi connectivity index (χ3n) is 15.7. The molecule has 2 aromatic heterocycles. The van der Waals surface area contributed by atoms with E-state index >= 15 is 8.78 Å². The van der Waals surface area contributed by atoms with Crippen LogP contribution in [0, 0.1) is 11.6 Å². The number of fused-ring (bicyclic) bond motifs is 4. The number of hydrogen-bond acceptors (Lipinski definition) is 3. The zero-order valence-electron chi connectivity index (χ0n) is 48.3. The average Bonchev–Trinajstić information content (AvgIpc) is 4.02. The maximum atomic E-state index is 15.7. The van der Waals surface area contributed by atoms with Crippen LogP contribution in [0.5, 0.6) is 11.5 Å². The molecule has 1 aliphatic rings. The molecule has 8 heteroatoms. The maximum absolute atomic E-state index is 15.7.